The van der Waals surface area contributed by atoms with Gasteiger partial charge in [0.2, 0.25) is 5.75 Å². The molecular formula is C28H30IN3O7. The molecule has 1 N–H and O–H groups in total. The molecule has 0 atom stereocenters. The molecule has 0 saturated carbocycles. The van der Waals surface area contributed by atoms with Gasteiger partial charge in [-0.05, 0) is 53.1 Å². The summed E-state index contributed by atoms with van der Waals surface area (Å²) in [7, 11) is 4.72. The Labute approximate surface area is 241 Å². The summed E-state index contributed by atoms with van der Waals surface area (Å²) in [6.07, 6.45) is 0. The third-order valence-corrected chi connectivity index (χ3v) is 6.60. The number of rotatable bonds is 9. The standard InChI is InChI=1S/C28H30IN3O7/c1-35-24-16-22(17-25(36-2)26(24)37-3)20-8-10-23(11-9-20)32(28(34)31-12-14-38-15-13-31)18-19-4-6-21(7-5-19)27(33)30-39-29/h4-11,16-17H,12-15,18H2,1-3H3,(H,30,33). The molecule has 206 valence electrons. The molecule has 0 unspecified atom stereocenters. The fraction of sp³-hybridized carbons (Fsp3) is 0.286. The van der Waals surface area contributed by atoms with Crippen LogP contribution >= 0.6 is 23.0 Å². The number of halogens is 1. The van der Waals surface area contributed by atoms with Crippen molar-refractivity contribution >= 4 is 40.6 Å². The number of methoxy groups -OCH3 is 3. The number of hydrogen-bond donors (Lipinski definition) is 1. The van der Waals surface area contributed by atoms with E-state index in [2.05, 4.69) is 8.65 Å². The minimum atomic E-state index is -0.348. The van der Waals surface area contributed by atoms with E-state index in [0.717, 1.165) is 22.4 Å². The fourth-order valence-corrected chi connectivity index (χ4v) is 4.51. The third-order valence-electron chi connectivity index (χ3n) is 6.38. The molecule has 0 radical (unpaired) electrons. The molecule has 11 heteroatoms. The summed E-state index contributed by atoms with van der Waals surface area (Å²) in [6.45, 7) is 2.37. The molecule has 1 aliphatic rings. The van der Waals surface area contributed by atoms with Gasteiger partial charge in [-0.25, -0.2) is 13.4 Å². The predicted molar refractivity (Wildman–Crippen MR) is 155 cm³/mol. The number of nitrogens with one attached hydrogen (secondary N) is 1. The van der Waals surface area contributed by atoms with Crippen LogP contribution in [0.5, 0.6) is 17.2 Å². The molecular weight excluding hydrogens is 617 g/mol. The Bertz CT molecular complexity index is 1250. The van der Waals surface area contributed by atoms with Gasteiger partial charge in [0.05, 0.1) is 41.1 Å². The Kier molecular flexibility index (Phi) is 9.85. The first kappa shape index (κ1) is 28.5. The quantitative estimate of drug-likeness (QED) is 0.262. The Morgan fingerprint density at radius 2 is 1.51 bits per heavy atom. The van der Waals surface area contributed by atoms with Gasteiger partial charge in [0.1, 0.15) is 23.0 Å². The number of morpholine rings is 1. The molecule has 1 fully saturated rings. The summed E-state index contributed by atoms with van der Waals surface area (Å²) in [5.74, 6) is 1.29. The lowest BCUT2D eigenvalue weighted by Crippen LogP contribution is -2.48. The zero-order valence-corrected chi connectivity index (χ0v) is 24.1. The van der Waals surface area contributed by atoms with E-state index in [0.29, 0.717) is 55.7 Å². The van der Waals surface area contributed by atoms with Gasteiger partial charge >= 0.3 is 6.03 Å². The molecule has 0 bridgehead atoms. The second kappa shape index (κ2) is 13.5. The molecule has 0 aliphatic carbocycles. The average Bonchev–Trinajstić information content (AvgIpc) is 2.99. The Morgan fingerprint density at radius 3 is 2.05 bits per heavy atom. The second-order valence-electron chi connectivity index (χ2n) is 8.63. The van der Waals surface area contributed by atoms with E-state index < -0.39 is 0 Å². The largest absolute Gasteiger partial charge is 0.493 e. The zero-order chi connectivity index (χ0) is 27.8. The summed E-state index contributed by atoms with van der Waals surface area (Å²) in [4.78, 5) is 29.2. The topological polar surface area (TPSA) is 98.8 Å². The first-order valence-corrected chi connectivity index (χ1v) is 13.1. The minimum absolute atomic E-state index is 0.112. The van der Waals surface area contributed by atoms with Crippen LogP contribution in [0.3, 0.4) is 0 Å². The fourth-order valence-electron chi connectivity index (χ4n) is 4.31. The van der Waals surface area contributed by atoms with Crippen LogP contribution in [0, 0.1) is 0 Å². The van der Waals surface area contributed by atoms with E-state index in [4.69, 9.17) is 18.9 Å². The van der Waals surface area contributed by atoms with Crippen molar-refractivity contribution in [2.75, 3.05) is 52.5 Å². The maximum absolute atomic E-state index is 13.6. The number of benzene rings is 3. The van der Waals surface area contributed by atoms with Crippen molar-refractivity contribution in [3.8, 4) is 28.4 Å². The number of hydrogen-bond acceptors (Lipinski definition) is 7. The molecule has 1 heterocycles. The first-order chi connectivity index (χ1) is 19.0. The first-order valence-electron chi connectivity index (χ1n) is 12.2. The lowest BCUT2D eigenvalue weighted by Gasteiger charge is -2.33. The summed E-state index contributed by atoms with van der Waals surface area (Å²) in [5, 5.41) is 0. The molecule has 3 aromatic rings. The van der Waals surface area contributed by atoms with Gasteiger partial charge in [-0.3, -0.25) is 9.69 Å². The van der Waals surface area contributed by atoms with Crippen molar-refractivity contribution in [1.82, 2.24) is 10.4 Å². The molecule has 1 saturated heterocycles. The Hall–Kier alpha value is -3.55. The van der Waals surface area contributed by atoms with Gasteiger partial charge < -0.3 is 23.8 Å². The van der Waals surface area contributed by atoms with Crippen LogP contribution < -0.4 is 24.6 Å². The van der Waals surface area contributed by atoms with Gasteiger partial charge in [0.25, 0.3) is 5.91 Å². The van der Waals surface area contributed by atoms with Gasteiger partial charge in [-0.15, -0.1) is 0 Å². The maximum atomic E-state index is 13.6. The number of urea groups is 1. The van der Waals surface area contributed by atoms with E-state index in [1.54, 1.807) is 66.3 Å². The van der Waals surface area contributed by atoms with Gasteiger partial charge in [-0.1, -0.05) is 24.3 Å². The number of anilines is 1. The zero-order valence-electron chi connectivity index (χ0n) is 21.9. The summed E-state index contributed by atoms with van der Waals surface area (Å²) >= 11 is 1.60. The van der Waals surface area contributed by atoms with Gasteiger partial charge in [0.15, 0.2) is 11.5 Å². The molecule has 10 nitrogen and oxygen atoms in total. The number of amides is 3. The highest BCUT2D eigenvalue weighted by Crippen LogP contribution is 2.41. The van der Waals surface area contributed by atoms with Gasteiger partial charge in [0, 0.05) is 24.3 Å². The van der Waals surface area contributed by atoms with E-state index in [-0.39, 0.29) is 11.9 Å². The van der Waals surface area contributed by atoms with Crippen molar-refractivity contribution in [3.63, 3.8) is 0 Å². The van der Waals surface area contributed by atoms with E-state index >= 15 is 0 Å². The van der Waals surface area contributed by atoms with Crippen molar-refractivity contribution in [2.24, 2.45) is 0 Å². The molecule has 0 spiro atoms. The van der Waals surface area contributed by atoms with E-state index in [1.807, 2.05) is 48.5 Å². The minimum Gasteiger partial charge on any atom is -0.493 e. The maximum Gasteiger partial charge on any atom is 0.324 e. The molecule has 3 amide bonds. The molecule has 3 aromatic carbocycles. The Balaban J connectivity index is 1.63. The van der Waals surface area contributed by atoms with Crippen LogP contribution in [-0.4, -0.2) is 64.5 Å². The van der Waals surface area contributed by atoms with Crippen LogP contribution in [0.4, 0.5) is 10.5 Å². The third kappa shape index (κ3) is 6.72. The van der Waals surface area contributed by atoms with E-state index in [1.165, 1.54) is 0 Å². The highest BCUT2D eigenvalue weighted by Gasteiger charge is 2.25. The molecule has 39 heavy (non-hydrogen) atoms. The van der Waals surface area contributed by atoms with Crippen LogP contribution in [0.2, 0.25) is 0 Å². The van der Waals surface area contributed by atoms with Crippen molar-refractivity contribution in [1.29, 1.82) is 0 Å². The summed E-state index contributed by atoms with van der Waals surface area (Å²) < 4.78 is 26.5. The monoisotopic (exact) mass is 647 g/mol. The molecule has 0 aromatic heterocycles. The number of carbonyl (C=O) groups is 2. The van der Waals surface area contributed by atoms with Crippen LogP contribution in [0.1, 0.15) is 15.9 Å². The van der Waals surface area contributed by atoms with Crippen LogP contribution in [-0.2, 0) is 14.4 Å². The number of carbonyl (C=O) groups excluding carboxylic acids is 2. The Morgan fingerprint density at radius 1 is 0.897 bits per heavy atom. The highest BCUT2D eigenvalue weighted by molar-refractivity contribution is 14.1. The van der Waals surface area contributed by atoms with Crippen LogP contribution in [0.25, 0.3) is 11.1 Å². The van der Waals surface area contributed by atoms with Crippen molar-refractivity contribution < 1.29 is 31.7 Å². The number of ether oxygens (including phenoxy) is 4. The predicted octanol–water partition coefficient (Wildman–Crippen LogP) is 4.85. The van der Waals surface area contributed by atoms with Crippen molar-refractivity contribution in [2.45, 2.75) is 6.54 Å². The summed E-state index contributed by atoms with van der Waals surface area (Å²) in [5.41, 5.74) is 6.16. The lowest BCUT2D eigenvalue weighted by atomic mass is 10.0. The number of hydroxylamine groups is 1. The SMILES string of the molecule is COc1cc(-c2ccc(N(Cc3ccc(C(=O)NOI)cc3)C(=O)N3CCOCC3)cc2)cc(OC)c1OC. The highest BCUT2D eigenvalue weighted by atomic mass is 127. The van der Waals surface area contributed by atoms with E-state index in [9.17, 15) is 9.59 Å². The smallest absolute Gasteiger partial charge is 0.324 e. The summed E-state index contributed by atoms with van der Waals surface area (Å²) in [6, 6.07) is 18.4. The van der Waals surface area contributed by atoms with Crippen LogP contribution in [0.15, 0.2) is 60.7 Å². The molecule has 4 rings (SSSR count). The van der Waals surface area contributed by atoms with Crippen molar-refractivity contribution in [3.05, 3.63) is 71.8 Å². The normalized spacial score (nSPS) is 13.0. The molecule has 1 aliphatic heterocycles. The van der Waals surface area contributed by atoms with Gasteiger partial charge in [-0.2, -0.15) is 0 Å². The lowest BCUT2D eigenvalue weighted by molar-refractivity contribution is 0.0548. The number of nitrogens with zero attached hydrogens (tertiary/aromatic N) is 2. The second-order valence-corrected chi connectivity index (χ2v) is 9.07. The average molecular weight is 647 g/mol.